The Hall–Kier alpha value is -2.89. The molecular formula is C13H13N3O3. The minimum absolute atomic E-state index is 0.802. The van der Waals surface area contributed by atoms with Crippen molar-refractivity contribution in [2.75, 3.05) is 0 Å². The van der Waals surface area contributed by atoms with Gasteiger partial charge in [0.15, 0.2) is 0 Å². The third-order valence-electron chi connectivity index (χ3n) is 2.12. The largest absolute Gasteiger partial charge is 0.330 e. The molecule has 0 spiro atoms. The Kier molecular flexibility index (Phi) is 5.04. The van der Waals surface area contributed by atoms with Crippen LogP contribution in [0.4, 0.5) is 0 Å². The van der Waals surface area contributed by atoms with E-state index in [9.17, 15) is 14.4 Å². The van der Waals surface area contributed by atoms with Gasteiger partial charge in [-0.15, -0.1) is 0 Å². The SMILES string of the molecule is C=Cc1ccccc1C=C.O=c1[nH]c(=O)[nH]c(=O)[nH]1. The zero-order valence-electron chi connectivity index (χ0n) is 10.1. The van der Waals surface area contributed by atoms with E-state index < -0.39 is 17.1 Å². The van der Waals surface area contributed by atoms with E-state index in [1.807, 2.05) is 36.4 Å². The fraction of sp³-hybridized carbons (Fsp3) is 0. The highest BCUT2D eigenvalue weighted by Crippen LogP contribution is 2.10. The fourth-order valence-corrected chi connectivity index (χ4v) is 1.29. The maximum Gasteiger partial charge on any atom is 0.330 e. The smallest absolute Gasteiger partial charge is 0.259 e. The van der Waals surface area contributed by atoms with E-state index in [2.05, 4.69) is 13.2 Å². The molecule has 0 fully saturated rings. The second kappa shape index (κ2) is 6.75. The van der Waals surface area contributed by atoms with Crippen LogP contribution in [0.5, 0.6) is 0 Å². The van der Waals surface area contributed by atoms with Gasteiger partial charge in [0.25, 0.3) is 0 Å². The van der Waals surface area contributed by atoms with Crippen molar-refractivity contribution in [1.82, 2.24) is 15.0 Å². The van der Waals surface area contributed by atoms with Gasteiger partial charge in [-0.25, -0.2) is 14.4 Å². The summed E-state index contributed by atoms with van der Waals surface area (Å²) in [5.74, 6) is 0. The van der Waals surface area contributed by atoms with Crippen molar-refractivity contribution in [1.29, 1.82) is 0 Å². The van der Waals surface area contributed by atoms with Gasteiger partial charge in [0.1, 0.15) is 0 Å². The second-order valence-electron chi connectivity index (χ2n) is 3.40. The highest BCUT2D eigenvalue weighted by Gasteiger charge is 1.89. The summed E-state index contributed by atoms with van der Waals surface area (Å²) in [6, 6.07) is 8.02. The first kappa shape index (κ1) is 14.2. The number of hydrogen-bond acceptors (Lipinski definition) is 3. The van der Waals surface area contributed by atoms with E-state index in [0.717, 1.165) is 11.1 Å². The molecule has 6 heteroatoms. The van der Waals surface area contributed by atoms with Crippen LogP contribution >= 0.6 is 0 Å². The Morgan fingerprint density at radius 1 is 0.737 bits per heavy atom. The van der Waals surface area contributed by atoms with Crippen LogP contribution in [0.3, 0.4) is 0 Å². The molecule has 1 aromatic carbocycles. The molecule has 0 atom stereocenters. The zero-order valence-corrected chi connectivity index (χ0v) is 10.1. The average Bonchev–Trinajstić information content (AvgIpc) is 2.37. The van der Waals surface area contributed by atoms with Crippen LogP contribution in [0.15, 0.2) is 51.8 Å². The third kappa shape index (κ3) is 4.47. The summed E-state index contributed by atoms with van der Waals surface area (Å²) in [7, 11) is 0. The molecule has 0 saturated carbocycles. The quantitative estimate of drug-likeness (QED) is 0.741. The standard InChI is InChI=1S/C10H10.C3H3N3O3/c1-3-9-7-5-6-8-10(9)4-2;7-1-4-2(8)6-3(9)5-1/h3-8H,1-2H2;(H3,4,5,6,7,8,9). The second-order valence-corrected chi connectivity index (χ2v) is 3.40. The zero-order chi connectivity index (χ0) is 14.3. The van der Waals surface area contributed by atoms with Crippen molar-refractivity contribution in [3.8, 4) is 0 Å². The molecule has 19 heavy (non-hydrogen) atoms. The van der Waals surface area contributed by atoms with Crippen molar-refractivity contribution in [3.05, 3.63) is 80.0 Å². The maximum atomic E-state index is 10.2. The summed E-state index contributed by atoms with van der Waals surface area (Å²) in [4.78, 5) is 35.9. The molecule has 2 aromatic rings. The summed E-state index contributed by atoms with van der Waals surface area (Å²) >= 11 is 0. The van der Waals surface area contributed by atoms with Crippen molar-refractivity contribution in [2.24, 2.45) is 0 Å². The Morgan fingerprint density at radius 2 is 1.05 bits per heavy atom. The molecule has 0 amide bonds. The molecular weight excluding hydrogens is 246 g/mol. The highest BCUT2D eigenvalue weighted by molar-refractivity contribution is 5.63. The molecule has 98 valence electrons. The Labute approximate surface area is 108 Å². The lowest BCUT2D eigenvalue weighted by Gasteiger charge is -1.96. The minimum atomic E-state index is -0.802. The van der Waals surface area contributed by atoms with Gasteiger partial charge in [-0.3, -0.25) is 15.0 Å². The molecule has 2 rings (SSSR count). The van der Waals surface area contributed by atoms with Gasteiger partial charge >= 0.3 is 17.1 Å². The number of benzene rings is 1. The minimum Gasteiger partial charge on any atom is -0.259 e. The van der Waals surface area contributed by atoms with Gasteiger partial charge in [-0.1, -0.05) is 49.6 Å². The molecule has 0 aliphatic rings. The molecule has 0 unspecified atom stereocenters. The molecule has 1 aromatic heterocycles. The monoisotopic (exact) mass is 259 g/mol. The van der Waals surface area contributed by atoms with E-state index in [1.165, 1.54) is 0 Å². The van der Waals surface area contributed by atoms with E-state index in [4.69, 9.17) is 0 Å². The first-order valence-electron chi connectivity index (χ1n) is 5.33. The van der Waals surface area contributed by atoms with Crippen LogP contribution < -0.4 is 17.1 Å². The Balaban J connectivity index is 0.000000191. The normalized spacial score (nSPS) is 9.05. The number of rotatable bonds is 2. The summed E-state index contributed by atoms with van der Waals surface area (Å²) in [6.07, 6.45) is 3.66. The Morgan fingerprint density at radius 3 is 1.32 bits per heavy atom. The van der Waals surface area contributed by atoms with Gasteiger partial charge in [0, 0.05) is 0 Å². The molecule has 0 radical (unpaired) electrons. The van der Waals surface area contributed by atoms with Crippen LogP contribution in [0.25, 0.3) is 12.2 Å². The number of H-pyrrole nitrogens is 3. The summed E-state index contributed by atoms with van der Waals surface area (Å²) in [5.41, 5.74) is -0.133. The Bertz CT molecular complexity index is 632. The number of hydrogen-bond donors (Lipinski definition) is 3. The van der Waals surface area contributed by atoms with Crippen molar-refractivity contribution >= 4 is 12.2 Å². The van der Waals surface area contributed by atoms with Gasteiger partial charge in [0.2, 0.25) is 0 Å². The number of aromatic amines is 3. The van der Waals surface area contributed by atoms with E-state index >= 15 is 0 Å². The lowest BCUT2D eigenvalue weighted by molar-refractivity contribution is 0.888. The van der Waals surface area contributed by atoms with Crippen LogP contribution in [-0.4, -0.2) is 15.0 Å². The molecule has 3 N–H and O–H groups in total. The predicted octanol–water partition coefficient (Wildman–Crippen LogP) is 0.724. The lowest BCUT2D eigenvalue weighted by Crippen LogP contribution is -2.34. The summed E-state index contributed by atoms with van der Waals surface area (Å²) in [5, 5.41) is 0. The van der Waals surface area contributed by atoms with Crippen LogP contribution in [0.2, 0.25) is 0 Å². The van der Waals surface area contributed by atoms with E-state index in [-0.39, 0.29) is 0 Å². The van der Waals surface area contributed by atoms with Crippen LogP contribution in [0.1, 0.15) is 11.1 Å². The van der Waals surface area contributed by atoms with Gasteiger partial charge in [-0.05, 0) is 11.1 Å². The van der Waals surface area contributed by atoms with Crippen LogP contribution in [0, 0.1) is 0 Å². The molecule has 0 aliphatic heterocycles. The number of aromatic nitrogens is 3. The van der Waals surface area contributed by atoms with Crippen molar-refractivity contribution in [3.63, 3.8) is 0 Å². The molecule has 6 nitrogen and oxygen atoms in total. The van der Waals surface area contributed by atoms with Gasteiger partial charge in [-0.2, -0.15) is 0 Å². The fourth-order valence-electron chi connectivity index (χ4n) is 1.29. The van der Waals surface area contributed by atoms with Gasteiger partial charge in [0.05, 0.1) is 0 Å². The van der Waals surface area contributed by atoms with Gasteiger partial charge < -0.3 is 0 Å². The molecule has 0 saturated heterocycles. The van der Waals surface area contributed by atoms with E-state index in [1.54, 1.807) is 15.0 Å². The van der Waals surface area contributed by atoms with Crippen molar-refractivity contribution < 1.29 is 0 Å². The first-order valence-corrected chi connectivity index (χ1v) is 5.33. The first-order chi connectivity index (χ1) is 9.06. The molecule has 0 aliphatic carbocycles. The number of nitrogens with one attached hydrogen (secondary N) is 3. The molecule has 0 bridgehead atoms. The lowest BCUT2D eigenvalue weighted by atomic mass is 10.1. The third-order valence-corrected chi connectivity index (χ3v) is 2.12. The maximum absolute atomic E-state index is 10.2. The molecule has 1 heterocycles. The topological polar surface area (TPSA) is 98.6 Å². The van der Waals surface area contributed by atoms with Crippen molar-refractivity contribution in [2.45, 2.75) is 0 Å². The summed E-state index contributed by atoms with van der Waals surface area (Å²) < 4.78 is 0. The average molecular weight is 259 g/mol. The van der Waals surface area contributed by atoms with E-state index in [0.29, 0.717) is 0 Å². The summed E-state index contributed by atoms with van der Waals surface area (Å²) in [6.45, 7) is 7.38. The highest BCUT2D eigenvalue weighted by atomic mass is 16.2. The van der Waals surface area contributed by atoms with Crippen LogP contribution in [-0.2, 0) is 0 Å². The predicted molar refractivity (Wildman–Crippen MR) is 74.9 cm³/mol.